The van der Waals surface area contributed by atoms with E-state index in [9.17, 15) is 4.79 Å². The maximum Gasteiger partial charge on any atom is 0.216 e. The Balaban J connectivity index is 2.21. The molecule has 2 N–H and O–H groups in total. The molecule has 4 heteroatoms. The van der Waals surface area contributed by atoms with Crippen LogP contribution >= 0.6 is 0 Å². The number of hydrogen-bond donors (Lipinski definition) is 2. The lowest BCUT2D eigenvalue weighted by Gasteiger charge is -2.36. The molecular formula is C12H25N3O. The third-order valence-corrected chi connectivity index (χ3v) is 3.61. The van der Waals surface area contributed by atoms with Crippen molar-refractivity contribution in [1.29, 1.82) is 0 Å². The van der Waals surface area contributed by atoms with Gasteiger partial charge in [0.1, 0.15) is 0 Å². The number of carbonyl (C=O) groups excluding carboxylic acids is 1. The fourth-order valence-electron chi connectivity index (χ4n) is 2.46. The molecule has 1 aliphatic rings. The van der Waals surface area contributed by atoms with Crippen LogP contribution in [0.25, 0.3) is 0 Å². The van der Waals surface area contributed by atoms with Gasteiger partial charge in [0.2, 0.25) is 5.91 Å². The van der Waals surface area contributed by atoms with Crippen molar-refractivity contribution in [3.05, 3.63) is 0 Å². The van der Waals surface area contributed by atoms with Crippen LogP contribution in [0.1, 0.15) is 32.6 Å². The molecule has 0 spiro atoms. The van der Waals surface area contributed by atoms with Crippen LogP contribution < -0.4 is 10.6 Å². The van der Waals surface area contributed by atoms with Gasteiger partial charge in [0, 0.05) is 32.1 Å². The smallest absolute Gasteiger partial charge is 0.216 e. The summed E-state index contributed by atoms with van der Waals surface area (Å²) in [6, 6.07) is 0. The molecule has 1 rings (SSSR count). The molecule has 1 amide bonds. The SMILES string of the molecule is CC(=O)NCCNCC1(N(C)C)CCCC1. The van der Waals surface area contributed by atoms with Crippen LogP contribution in [0, 0.1) is 0 Å². The van der Waals surface area contributed by atoms with E-state index in [4.69, 9.17) is 0 Å². The summed E-state index contributed by atoms with van der Waals surface area (Å²) < 4.78 is 0. The highest BCUT2D eigenvalue weighted by molar-refractivity contribution is 5.72. The largest absolute Gasteiger partial charge is 0.355 e. The van der Waals surface area contributed by atoms with Crippen LogP contribution in [0.4, 0.5) is 0 Å². The minimum Gasteiger partial charge on any atom is -0.355 e. The quantitative estimate of drug-likeness (QED) is 0.653. The van der Waals surface area contributed by atoms with E-state index >= 15 is 0 Å². The average molecular weight is 227 g/mol. The molecule has 0 aliphatic heterocycles. The third-order valence-electron chi connectivity index (χ3n) is 3.61. The van der Waals surface area contributed by atoms with Gasteiger partial charge in [0.05, 0.1) is 0 Å². The molecule has 0 bridgehead atoms. The summed E-state index contributed by atoms with van der Waals surface area (Å²) in [7, 11) is 4.33. The van der Waals surface area contributed by atoms with E-state index in [1.165, 1.54) is 25.7 Å². The van der Waals surface area contributed by atoms with Gasteiger partial charge in [0.15, 0.2) is 0 Å². The number of nitrogens with one attached hydrogen (secondary N) is 2. The van der Waals surface area contributed by atoms with Crippen molar-refractivity contribution in [2.45, 2.75) is 38.1 Å². The van der Waals surface area contributed by atoms with Gasteiger partial charge in [-0.25, -0.2) is 0 Å². The summed E-state index contributed by atoms with van der Waals surface area (Å²) in [5, 5.41) is 6.25. The number of rotatable bonds is 6. The Kier molecular flexibility index (Phi) is 5.22. The highest BCUT2D eigenvalue weighted by Gasteiger charge is 2.35. The first kappa shape index (κ1) is 13.5. The second kappa shape index (κ2) is 6.21. The van der Waals surface area contributed by atoms with E-state index in [1.807, 2.05) is 0 Å². The van der Waals surface area contributed by atoms with Gasteiger partial charge in [-0.2, -0.15) is 0 Å². The average Bonchev–Trinajstić information content (AvgIpc) is 2.66. The van der Waals surface area contributed by atoms with E-state index in [-0.39, 0.29) is 5.91 Å². The minimum atomic E-state index is 0.0463. The maximum absolute atomic E-state index is 10.7. The molecule has 94 valence electrons. The standard InChI is InChI=1S/C12H25N3O/c1-11(16)14-9-8-13-10-12(15(2)3)6-4-5-7-12/h13H,4-10H2,1-3H3,(H,14,16). The zero-order valence-corrected chi connectivity index (χ0v) is 10.8. The summed E-state index contributed by atoms with van der Waals surface area (Å²) in [6.07, 6.45) is 5.25. The first-order chi connectivity index (χ1) is 7.57. The number of nitrogens with zero attached hydrogens (tertiary/aromatic N) is 1. The molecule has 0 unspecified atom stereocenters. The normalized spacial score (nSPS) is 19.0. The lowest BCUT2D eigenvalue weighted by atomic mass is 9.96. The van der Waals surface area contributed by atoms with Crippen LogP contribution in [0.2, 0.25) is 0 Å². The van der Waals surface area contributed by atoms with Crippen molar-refractivity contribution in [3.8, 4) is 0 Å². The lowest BCUT2D eigenvalue weighted by Crippen LogP contribution is -2.50. The van der Waals surface area contributed by atoms with Crippen LogP contribution in [-0.2, 0) is 4.79 Å². The van der Waals surface area contributed by atoms with Crippen molar-refractivity contribution < 1.29 is 4.79 Å². The number of likely N-dealkylation sites (N-methyl/N-ethyl adjacent to an activating group) is 1. The minimum absolute atomic E-state index is 0.0463. The van der Waals surface area contributed by atoms with Crippen molar-refractivity contribution in [3.63, 3.8) is 0 Å². The molecule has 16 heavy (non-hydrogen) atoms. The van der Waals surface area contributed by atoms with Gasteiger partial charge in [0.25, 0.3) is 0 Å². The Morgan fingerprint density at radius 1 is 1.25 bits per heavy atom. The van der Waals surface area contributed by atoms with E-state index < -0.39 is 0 Å². The molecule has 1 fully saturated rings. The molecule has 0 saturated heterocycles. The van der Waals surface area contributed by atoms with E-state index in [1.54, 1.807) is 6.92 Å². The topological polar surface area (TPSA) is 44.4 Å². The summed E-state index contributed by atoms with van der Waals surface area (Å²) >= 11 is 0. The van der Waals surface area contributed by atoms with Crippen molar-refractivity contribution in [2.24, 2.45) is 0 Å². The molecule has 1 saturated carbocycles. The molecule has 1 aliphatic carbocycles. The Labute approximate surface area is 98.8 Å². The van der Waals surface area contributed by atoms with Crippen molar-refractivity contribution in [2.75, 3.05) is 33.7 Å². The Hall–Kier alpha value is -0.610. The van der Waals surface area contributed by atoms with Gasteiger partial charge in [-0.3, -0.25) is 4.79 Å². The summed E-state index contributed by atoms with van der Waals surface area (Å²) in [5.74, 6) is 0.0463. The Morgan fingerprint density at radius 3 is 2.38 bits per heavy atom. The number of hydrogen-bond acceptors (Lipinski definition) is 3. The van der Waals surface area contributed by atoms with Crippen LogP contribution in [0.5, 0.6) is 0 Å². The van der Waals surface area contributed by atoms with Crippen LogP contribution in [0.3, 0.4) is 0 Å². The zero-order chi connectivity index (χ0) is 12.0. The number of carbonyl (C=O) groups is 1. The zero-order valence-electron chi connectivity index (χ0n) is 10.8. The second-order valence-electron chi connectivity index (χ2n) is 4.99. The molecule has 0 aromatic rings. The summed E-state index contributed by atoms with van der Waals surface area (Å²) in [4.78, 5) is 13.0. The summed E-state index contributed by atoms with van der Waals surface area (Å²) in [6.45, 7) is 4.16. The van der Waals surface area contributed by atoms with Gasteiger partial charge in [-0.15, -0.1) is 0 Å². The molecular weight excluding hydrogens is 202 g/mol. The van der Waals surface area contributed by atoms with Gasteiger partial charge >= 0.3 is 0 Å². The molecule has 0 aromatic carbocycles. The monoisotopic (exact) mass is 227 g/mol. The van der Waals surface area contributed by atoms with E-state index in [0.29, 0.717) is 5.54 Å². The van der Waals surface area contributed by atoms with E-state index in [2.05, 4.69) is 29.6 Å². The first-order valence-corrected chi connectivity index (χ1v) is 6.19. The summed E-state index contributed by atoms with van der Waals surface area (Å²) in [5.41, 5.74) is 0.343. The maximum atomic E-state index is 10.7. The van der Waals surface area contributed by atoms with Crippen LogP contribution in [-0.4, -0.2) is 50.1 Å². The predicted octanol–water partition coefficient (Wildman–Crippen LogP) is 0.587. The predicted molar refractivity (Wildman–Crippen MR) is 66.4 cm³/mol. The van der Waals surface area contributed by atoms with Crippen molar-refractivity contribution >= 4 is 5.91 Å². The Bertz CT molecular complexity index is 222. The fourth-order valence-corrected chi connectivity index (χ4v) is 2.46. The molecule has 0 heterocycles. The van der Waals surface area contributed by atoms with Crippen molar-refractivity contribution in [1.82, 2.24) is 15.5 Å². The van der Waals surface area contributed by atoms with E-state index in [0.717, 1.165) is 19.6 Å². The lowest BCUT2D eigenvalue weighted by molar-refractivity contribution is -0.118. The fraction of sp³-hybridized carbons (Fsp3) is 0.917. The first-order valence-electron chi connectivity index (χ1n) is 6.19. The molecule has 0 aromatic heterocycles. The van der Waals surface area contributed by atoms with Gasteiger partial charge in [-0.05, 0) is 26.9 Å². The highest BCUT2D eigenvalue weighted by Crippen LogP contribution is 2.32. The van der Waals surface area contributed by atoms with Crippen LogP contribution in [0.15, 0.2) is 0 Å². The van der Waals surface area contributed by atoms with Gasteiger partial charge in [-0.1, -0.05) is 12.8 Å². The highest BCUT2D eigenvalue weighted by atomic mass is 16.1. The third kappa shape index (κ3) is 3.76. The molecule has 0 radical (unpaired) electrons. The molecule has 0 atom stereocenters. The molecule has 4 nitrogen and oxygen atoms in total. The Morgan fingerprint density at radius 2 is 1.88 bits per heavy atom. The second-order valence-corrected chi connectivity index (χ2v) is 4.99. The number of amides is 1. The van der Waals surface area contributed by atoms with Gasteiger partial charge < -0.3 is 15.5 Å².